The lowest BCUT2D eigenvalue weighted by molar-refractivity contribution is 0.290. The minimum absolute atomic E-state index is 0.631. The van der Waals surface area contributed by atoms with Crippen molar-refractivity contribution in [3.05, 3.63) is 35.5 Å². The van der Waals surface area contributed by atoms with Gasteiger partial charge in [0.05, 0.1) is 0 Å². The number of nitrogens with zero attached hydrogens (tertiary/aromatic N) is 1. The summed E-state index contributed by atoms with van der Waals surface area (Å²) in [5, 5.41) is 5.18. The molecular formula is C18H27N3. The fourth-order valence-electron chi connectivity index (χ4n) is 3.30. The van der Waals surface area contributed by atoms with Crippen LogP contribution in [-0.2, 0) is 12.8 Å². The van der Waals surface area contributed by atoms with Gasteiger partial charge in [-0.15, -0.1) is 0 Å². The number of aromatic amines is 1. The van der Waals surface area contributed by atoms with Crippen LogP contribution in [0.2, 0.25) is 0 Å². The average Bonchev–Trinajstić information content (AvgIpc) is 2.85. The number of benzene rings is 1. The smallest absolute Gasteiger partial charge is 0.0458 e. The molecule has 114 valence electrons. The first-order valence-electron chi connectivity index (χ1n) is 8.13. The zero-order valence-electron chi connectivity index (χ0n) is 13.4. The van der Waals surface area contributed by atoms with Gasteiger partial charge in [0, 0.05) is 28.7 Å². The molecule has 1 aliphatic carbocycles. The van der Waals surface area contributed by atoms with Gasteiger partial charge in [0.25, 0.3) is 0 Å². The van der Waals surface area contributed by atoms with Crippen LogP contribution in [0.5, 0.6) is 0 Å². The third-order valence-electron chi connectivity index (χ3n) is 4.97. The second-order valence-electron chi connectivity index (χ2n) is 6.62. The highest BCUT2D eigenvalue weighted by atomic mass is 15.1. The maximum absolute atomic E-state index is 3.76. The van der Waals surface area contributed by atoms with Crippen molar-refractivity contribution < 1.29 is 0 Å². The average molecular weight is 285 g/mol. The molecule has 3 nitrogen and oxygen atoms in total. The number of H-pyrrole nitrogens is 1. The van der Waals surface area contributed by atoms with Crippen LogP contribution in [0.3, 0.4) is 0 Å². The highest BCUT2D eigenvalue weighted by Crippen LogP contribution is 2.29. The molecule has 2 atom stereocenters. The largest absolute Gasteiger partial charge is 0.358 e. The van der Waals surface area contributed by atoms with Crippen molar-refractivity contribution in [1.82, 2.24) is 15.2 Å². The van der Waals surface area contributed by atoms with Gasteiger partial charge in [-0.25, -0.2) is 0 Å². The second-order valence-corrected chi connectivity index (χ2v) is 6.62. The predicted octanol–water partition coefficient (Wildman–Crippen LogP) is 2.96. The van der Waals surface area contributed by atoms with E-state index in [1.807, 2.05) is 0 Å². The van der Waals surface area contributed by atoms with Crippen molar-refractivity contribution in [1.29, 1.82) is 0 Å². The lowest BCUT2D eigenvalue weighted by Crippen LogP contribution is -2.37. The van der Waals surface area contributed by atoms with Gasteiger partial charge in [0.2, 0.25) is 0 Å². The normalized spacial score (nSPS) is 19.9. The van der Waals surface area contributed by atoms with Crippen LogP contribution in [0, 0.1) is 0 Å². The molecule has 0 radical (unpaired) electrons. The number of hydrogen-bond acceptors (Lipinski definition) is 2. The molecule has 1 aromatic heterocycles. The Kier molecular flexibility index (Phi) is 4.32. The van der Waals surface area contributed by atoms with Gasteiger partial charge < -0.3 is 15.2 Å². The van der Waals surface area contributed by atoms with E-state index in [0.717, 1.165) is 13.0 Å². The van der Waals surface area contributed by atoms with Gasteiger partial charge in [0.15, 0.2) is 0 Å². The molecule has 0 saturated carbocycles. The maximum atomic E-state index is 3.76. The molecule has 3 rings (SSSR count). The highest BCUT2D eigenvalue weighted by Gasteiger charge is 2.21. The van der Waals surface area contributed by atoms with Crippen LogP contribution in [-0.4, -0.2) is 42.6 Å². The molecule has 0 amide bonds. The number of para-hydroxylation sites is 1. The van der Waals surface area contributed by atoms with Gasteiger partial charge in [0.1, 0.15) is 0 Å². The summed E-state index contributed by atoms with van der Waals surface area (Å²) >= 11 is 0. The second kappa shape index (κ2) is 6.20. The van der Waals surface area contributed by atoms with Gasteiger partial charge >= 0.3 is 0 Å². The van der Waals surface area contributed by atoms with Crippen molar-refractivity contribution in [2.24, 2.45) is 0 Å². The first-order chi connectivity index (χ1) is 10.1. The highest BCUT2D eigenvalue weighted by molar-refractivity contribution is 5.84. The van der Waals surface area contributed by atoms with E-state index >= 15 is 0 Å². The summed E-state index contributed by atoms with van der Waals surface area (Å²) in [6.45, 7) is 3.40. The Hall–Kier alpha value is -1.32. The zero-order chi connectivity index (χ0) is 14.8. The van der Waals surface area contributed by atoms with Crippen molar-refractivity contribution >= 4 is 10.9 Å². The minimum Gasteiger partial charge on any atom is -0.358 e. The Morgan fingerprint density at radius 3 is 2.95 bits per heavy atom. The number of aryl methyl sites for hydroxylation is 1. The number of hydrogen-bond donors (Lipinski definition) is 2. The molecule has 0 saturated heterocycles. The maximum Gasteiger partial charge on any atom is 0.0458 e. The lowest BCUT2D eigenvalue weighted by atomic mass is 9.91. The van der Waals surface area contributed by atoms with E-state index in [0.29, 0.717) is 12.1 Å². The fraction of sp³-hybridized carbons (Fsp3) is 0.556. The summed E-state index contributed by atoms with van der Waals surface area (Å²) in [4.78, 5) is 5.88. The molecule has 3 heteroatoms. The van der Waals surface area contributed by atoms with E-state index in [-0.39, 0.29) is 0 Å². The Labute approximate surface area is 127 Å². The quantitative estimate of drug-likeness (QED) is 0.885. The Morgan fingerprint density at radius 1 is 1.33 bits per heavy atom. The first kappa shape index (κ1) is 14.6. The fourth-order valence-corrected chi connectivity index (χ4v) is 3.30. The molecule has 0 aliphatic heterocycles. The molecule has 2 N–H and O–H groups in total. The third-order valence-corrected chi connectivity index (χ3v) is 4.97. The number of rotatable bonds is 5. The van der Waals surface area contributed by atoms with Gasteiger partial charge in [-0.2, -0.15) is 0 Å². The summed E-state index contributed by atoms with van der Waals surface area (Å²) in [7, 11) is 4.31. The Balaban J connectivity index is 1.62. The molecule has 1 aliphatic rings. The summed E-state index contributed by atoms with van der Waals surface area (Å²) in [6.07, 6.45) is 4.79. The summed E-state index contributed by atoms with van der Waals surface area (Å²) < 4.78 is 0. The number of aromatic nitrogens is 1. The van der Waals surface area contributed by atoms with Crippen LogP contribution < -0.4 is 5.32 Å². The van der Waals surface area contributed by atoms with E-state index in [4.69, 9.17) is 0 Å². The van der Waals surface area contributed by atoms with Crippen molar-refractivity contribution in [3.8, 4) is 0 Å². The van der Waals surface area contributed by atoms with Crippen LogP contribution in [0.4, 0.5) is 0 Å². The van der Waals surface area contributed by atoms with Gasteiger partial charge in [-0.3, -0.25) is 0 Å². The third kappa shape index (κ3) is 3.14. The predicted molar refractivity (Wildman–Crippen MR) is 89.9 cm³/mol. The van der Waals surface area contributed by atoms with Gasteiger partial charge in [-0.1, -0.05) is 18.2 Å². The van der Waals surface area contributed by atoms with Crippen LogP contribution in [0.1, 0.15) is 31.0 Å². The molecule has 0 spiro atoms. The van der Waals surface area contributed by atoms with E-state index in [1.165, 1.54) is 41.4 Å². The topological polar surface area (TPSA) is 31.1 Å². The molecular weight excluding hydrogens is 258 g/mol. The summed E-state index contributed by atoms with van der Waals surface area (Å²) in [6, 6.07) is 9.97. The van der Waals surface area contributed by atoms with Crippen molar-refractivity contribution in [3.63, 3.8) is 0 Å². The Bertz CT molecular complexity index is 600. The first-order valence-corrected chi connectivity index (χ1v) is 8.13. The molecule has 1 heterocycles. The summed E-state index contributed by atoms with van der Waals surface area (Å²) in [5.41, 5.74) is 4.29. The molecule has 2 aromatic rings. The van der Waals surface area contributed by atoms with Crippen molar-refractivity contribution in [2.45, 2.75) is 44.7 Å². The molecule has 2 unspecified atom stereocenters. The molecule has 0 bridgehead atoms. The number of fused-ring (bicyclic) bond motifs is 3. The van der Waals surface area contributed by atoms with E-state index in [9.17, 15) is 0 Å². The lowest BCUT2D eigenvalue weighted by Gasteiger charge is -2.25. The molecule has 1 aromatic carbocycles. The van der Waals surface area contributed by atoms with Crippen LogP contribution >= 0.6 is 0 Å². The van der Waals surface area contributed by atoms with Crippen LogP contribution in [0.25, 0.3) is 10.9 Å². The van der Waals surface area contributed by atoms with Crippen molar-refractivity contribution in [2.75, 3.05) is 20.6 Å². The number of nitrogens with one attached hydrogen (secondary N) is 2. The zero-order valence-corrected chi connectivity index (χ0v) is 13.4. The van der Waals surface area contributed by atoms with Gasteiger partial charge in [-0.05, 0) is 64.9 Å². The van der Waals surface area contributed by atoms with E-state index in [2.05, 4.69) is 60.5 Å². The van der Waals surface area contributed by atoms with Crippen LogP contribution in [0.15, 0.2) is 24.3 Å². The SMILES string of the molecule is CC(CCNC1CCc2[nH]c3ccccc3c2C1)N(C)C. The van der Waals surface area contributed by atoms with E-state index in [1.54, 1.807) is 0 Å². The molecule has 0 fully saturated rings. The van der Waals surface area contributed by atoms with E-state index < -0.39 is 0 Å². The molecule has 21 heavy (non-hydrogen) atoms. The monoisotopic (exact) mass is 285 g/mol. The Morgan fingerprint density at radius 2 is 2.14 bits per heavy atom. The standard InChI is InChI=1S/C18H27N3/c1-13(21(2)3)10-11-19-14-8-9-18-16(12-14)15-6-4-5-7-17(15)20-18/h4-7,13-14,19-20H,8-12H2,1-3H3. The summed E-state index contributed by atoms with van der Waals surface area (Å²) in [5.74, 6) is 0. The minimum atomic E-state index is 0.631.